The number of carbonyl (C=O) groups excluding carboxylic acids is 2. The Kier molecular flexibility index (Phi) is 4.82. The lowest BCUT2D eigenvalue weighted by Crippen LogP contribution is -2.40. The number of nitrogens with one attached hydrogen (secondary N) is 1. The van der Waals surface area contributed by atoms with Gasteiger partial charge in [-0.1, -0.05) is 45.4 Å². The third kappa shape index (κ3) is 3.43. The Balaban J connectivity index is 1.58. The summed E-state index contributed by atoms with van der Waals surface area (Å²) in [6, 6.07) is 12.2. The van der Waals surface area contributed by atoms with Crippen LogP contribution in [0.4, 0.5) is 10.5 Å². The minimum atomic E-state index is -1.45. The van der Waals surface area contributed by atoms with Crippen molar-refractivity contribution in [1.82, 2.24) is 20.4 Å². The molecule has 4 rings (SSSR count). The van der Waals surface area contributed by atoms with E-state index in [0.29, 0.717) is 17.0 Å². The zero-order chi connectivity index (χ0) is 21.5. The van der Waals surface area contributed by atoms with Gasteiger partial charge in [0, 0.05) is 22.2 Å². The average molecular weight is 472 g/mol. The molecule has 152 valence electrons. The molecule has 1 fully saturated rings. The third-order valence-electron chi connectivity index (χ3n) is 4.75. The van der Waals surface area contributed by atoms with E-state index in [1.807, 2.05) is 18.2 Å². The van der Waals surface area contributed by atoms with Gasteiger partial charge in [-0.05, 0) is 24.6 Å². The molecule has 3 amide bonds. The minimum Gasteiger partial charge on any atom is -0.337 e. The number of nitro groups is 1. The summed E-state index contributed by atoms with van der Waals surface area (Å²) in [5.41, 5.74) is -0.614. The van der Waals surface area contributed by atoms with E-state index in [0.717, 1.165) is 9.37 Å². The Morgan fingerprint density at radius 3 is 2.73 bits per heavy atom. The zero-order valence-electron chi connectivity index (χ0n) is 15.5. The Morgan fingerprint density at radius 1 is 1.23 bits per heavy atom. The fourth-order valence-electron chi connectivity index (χ4n) is 3.17. The third-order valence-corrected chi connectivity index (χ3v) is 5.25. The molecule has 0 saturated carbocycles. The Bertz CT molecular complexity index is 1180. The number of benzene rings is 2. The first-order valence-corrected chi connectivity index (χ1v) is 9.55. The quantitative estimate of drug-likeness (QED) is 0.342. The van der Waals surface area contributed by atoms with Crippen LogP contribution in [0.15, 0.2) is 57.5 Å². The van der Waals surface area contributed by atoms with E-state index >= 15 is 0 Å². The van der Waals surface area contributed by atoms with Gasteiger partial charge in [0.1, 0.15) is 12.1 Å². The van der Waals surface area contributed by atoms with E-state index in [1.165, 1.54) is 25.1 Å². The van der Waals surface area contributed by atoms with Gasteiger partial charge in [-0.25, -0.2) is 4.79 Å². The molecule has 1 saturated heterocycles. The van der Waals surface area contributed by atoms with Gasteiger partial charge in [-0.2, -0.15) is 4.98 Å². The number of nitrogens with zero attached hydrogens (tertiary/aromatic N) is 4. The van der Waals surface area contributed by atoms with Gasteiger partial charge in [0.05, 0.1) is 4.92 Å². The summed E-state index contributed by atoms with van der Waals surface area (Å²) >= 11 is 3.37. The highest BCUT2D eigenvalue weighted by Crippen LogP contribution is 2.31. The maximum atomic E-state index is 13.0. The van der Waals surface area contributed by atoms with Gasteiger partial charge in [-0.15, -0.1) is 0 Å². The summed E-state index contributed by atoms with van der Waals surface area (Å²) in [7, 11) is 0. The predicted octanol–water partition coefficient (Wildman–Crippen LogP) is 3.37. The topological polar surface area (TPSA) is 131 Å². The van der Waals surface area contributed by atoms with Crippen LogP contribution in [0.5, 0.6) is 0 Å². The van der Waals surface area contributed by atoms with Gasteiger partial charge in [0.2, 0.25) is 11.7 Å². The number of rotatable bonds is 5. The molecular weight excluding hydrogens is 458 g/mol. The lowest BCUT2D eigenvalue weighted by atomic mass is 9.91. The molecule has 1 aromatic heterocycles. The molecule has 2 aromatic carbocycles. The van der Waals surface area contributed by atoms with Crippen LogP contribution in [0.25, 0.3) is 11.4 Å². The second kappa shape index (κ2) is 7.34. The van der Waals surface area contributed by atoms with E-state index in [2.05, 4.69) is 31.4 Å². The Morgan fingerprint density at radius 2 is 2.00 bits per heavy atom. The van der Waals surface area contributed by atoms with Gasteiger partial charge in [-0.3, -0.25) is 19.8 Å². The number of hydrogen-bond acceptors (Lipinski definition) is 7. The molecule has 1 N–H and O–H groups in total. The summed E-state index contributed by atoms with van der Waals surface area (Å²) in [6.45, 7) is 1.27. The number of amides is 3. The molecule has 2 heterocycles. The Labute approximate surface area is 178 Å². The largest absolute Gasteiger partial charge is 0.337 e. The van der Waals surface area contributed by atoms with Gasteiger partial charge >= 0.3 is 6.03 Å². The summed E-state index contributed by atoms with van der Waals surface area (Å²) in [6.07, 6.45) is 0. The second-order valence-corrected chi connectivity index (χ2v) is 7.69. The molecule has 30 heavy (non-hydrogen) atoms. The second-order valence-electron chi connectivity index (χ2n) is 6.78. The molecule has 0 spiro atoms. The lowest BCUT2D eigenvalue weighted by Gasteiger charge is -2.21. The first-order chi connectivity index (χ1) is 14.3. The molecule has 1 aliphatic heterocycles. The summed E-state index contributed by atoms with van der Waals surface area (Å²) in [5, 5.41) is 17.5. The van der Waals surface area contributed by atoms with Gasteiger partial charge in [0.25, 0.3) is 11.6 Å². The van der Waals surface area contributed by atoms with Crippen LogP contribution in [0.2, 0.25) is 0 Å². The molecule has 10 nitrogen and oxygen atoms in total. The molecule has 3 aromatic rings. The van der Waals surface area contributed by atoms with Gasteiger partial charge < -0.3 is 9.84 Å². The fraction of sp³-hybridized carbons (Fsp3) is 0.158. The normalized spacial score (nSPS) is 18.5. The number of urea groups is 1. The van der Waals surface area contributed by atoms with E-state index < -0.39 is 22.4 Å². The van der Waals surface area contributed by atoms with Crippen LogP contribution >= 0.6 is 15.9 Å². The van der Waals surface area contributed by atoms with Crippen molar-refractivity contribution in [2.45, 2.75) is 19.0 Å². The number of imide groups is 1. The molecule has 0 bridgehead atoms. The number of non-ortho nitro benzene ring substituents is 1. The van der Waals surface area contributed by atoms with E-state index in [-0.39, 0.29) is 18.1 Å². The molecule has 1 unspecified atom stereocenters. The summed E-state index contributed by atoms with van der Waals surface area (Å²) in [5.74, 6) is -0.174. The van der Waals surface area contributed by atoms with Crippen LogP contribution in [0.1, 0.15) is 18.4 Å². The van der Waals surface area contributed by atoms with E-state index in [9.17, 15) is 19.7 Å². The lowest BCUT2D eigenvalue weighted by molar-refractivity contribution is -0.385. The smallest absolute Gasteiger partial charge is 0.325 e. The zero-order valence-corrected chi connectivity index (χ0v) is 17.1. The van der Waals surface area contributed by atoms with Crippen molar-refractivity contribution in [3.8, 4) is 11.4 Å². The first-order valence-electron chi connectivity index (χ1n) is 8.75. The van der Waals surface area contributed by atoms with Crippen LogP contribution in [0, 0.1) is 10.1 Å². The molecule has 0 radical (unpaired) electrons. The predicted molar refractivity (Wildman–Crippen MR) is 107 cm³/mol. The van der Waals surface area contributed by atoms with E-state index in [1.54, 1.807) is 12.1 Å². The van der Waals surface area contributed by atoms with Crippen LogP contribution in [-0.2, 0) is 16.9 Å². The molecular formula is C19H14BrN5O5. The highest BCUT2D eigenvalue weighted by molar-refractivity contribution is 9.10. The maximum absolute atomic E-state index is 13.0. The molecule has 1 atom stereocenters. The highest BCUT2D eigenvalue weighted by Gasteiger charge is 2.49. The minimum absolute atomic E-state index is 0.0803. The first kappa shape index (κ1) is 19.7. The average Bonchev–Trinajstić information content (AvgIpc) is 3.27. The van der Waals surface area contributed by atoms with Crippen molar-refractivity contribution in [3.05, 3.63) is 74.6 Å². The van der Waals surface area contributed by atoms with Crippen molar-refractivity contribution < 1.29 is 19.0 Å². The number of hydrogen-bond donors (Lipinski definition) is 1. The number of halogens is 1. The standard InChI is InChI=1S/C19H14BrN5O5/c1-19(12-5-3-7-14(9-12)25(28)29)17(26)24(18(27)22-19)10-15-21-16(23-30-15)11-4-2-6-13(20)8-11/h2-9H,10H2,1H3,(H,22,27). The molecule has 11 heteroatoms. The number of carbonyl (C=O) groups is 2. The van der Waals surface area contributed by atoms with Crippen molar-refractivity contribution in [1.29, 1.82) is 0 Å². The van der Waals surface area contributed by atoms with Crippen LogP contribution in [0.3, 0.4) is 0 Å². The van der Waals surface area contributed by atoms with Gasteiger partial charge in [0.15, 0.2) is 0 Å². The van der Waals surface area contributed by atoms with Crippen LogP contribution in [-0.4, -0.2) is 31.9 Å². The van der Waals surface area contributed by atoms with Crippen molar-refractivity contribution >= 4 is 33.6 Å². The van der Waals surface area contributed by atoms with Crippen molar-refractivity contribution in [2.75, 3.05) is 0 Å². The monoisotopic (exact) mass is 471 g/mol. The molecule has 1 aliphatic rings. The van der Waals surface area contributed by atoms with Crippen LogP contribution < -0.4 is 5.32 Å². The highest BCUT2D eigenvalue weighted by atomic mass is 79.9. The maximum Gasteiger partial charge on any atom is 0.325 e. The Hall–Kier alpha value is -3.60. The molecule has 0 aliphatic carbocycles. The summed E-state index contributed by atoms with van der Waals surface area (Å²) < 4.78 is 6.04. The number of nitro benzene ring substituents is 1. The van der Waals surface area contributed by atoms with Crippen molar-refractivity contribution in [3.63, 3.8) is 0 Å². The summed E-state index contributed by atoms with van der Waals surface area (Å²) in [4.78, 5) is 41.2. The fourth-order valence-corrected chi connectivity index (χ4v) is 3.57. The number of aromatic nitrogens is 2. The SMILES string of the molecule is CC1(c2cccc([N+](=O)[O-])c2)NC(=O)N(Cc2nc(-c3cccc(Br)c3)no2)C1=O. The van der Waals surface area contributed by atoms with E-state index in [4.69, 9.17) is 4.52 Å². The van der Waals surface area contributed by atoms with Crippen molar-refractivity contribution in [2.24, 2.45) is 0 Å².